The quantitative estimate of drug-likeness (QED) is 0.505. The van der Waals surface area contributed by atoms with Crippen molar-refractivity contribution in [1.29, 1.82) is 0 Å². The average Bonchev–Trinajstić information content (AvgIpc) is 2.78. The highest BCUT2D eigenvalue weighted by atomic mass is 35.5. The molecule has 7 heteroatoms. The molecule has 0 spiro atoms. The second kappa shape index (κ2) is 7.65. The predicted molar refractivity (Wildman–Crippen MR) is 118 cm³/mol. The third kappa shape index (κ3) is 3.31. The van der Waals surface area contributed by atoms with Gasteiger partial charge < -0.3 is 15.0 Å². The first-order valence-electron chi connectivity index (χ1n) is 9.51. The van der Waals surface area contributed by atoms with Crippen molar-refractivity contribution >= 4 is 45.6 Å². The molecule has 1 N–H and O–H groups in total. The predicted octanol–water partition coefficient (Wildman–Crippen LogP) is 5.07. The maximum Gasteiger partial charge on any atom is 0.259 e. The first-order valence-corrected chi connectivity index (χ1v) is 9.88. The van der Waals surface area contributed by atoms with E-state index < -0.39 is 0 Å². The van der Waals surface area contributed by atoms with Crippen molar-refractivity contribution in [3.05, 3.63) is 83.6 Å². The Labute approximate surface area is 178 Å². The Morgan fingerprint density at radius 3 is 2.80 bits per heavy atom. The van der Waals surface area contributed by atoms with Gasteiger partial charge in [-0.3, -0.25) is 9.78 Å². The molecule has 0 atom stereocenters. The number of ether oxygens (including phenoxy) is 1. The summed E-state index contributed by atoms with van der Waals surface area (Å²) in [5.74, 6) is 0.903. The maximum atomic E-state index is 13.1. The summed E-state index contributed by atoms with van der Waals surface area (Å²) in [6.07, 6.45) is 3.42. The molecule has 2 aromatic heterocycles. The van der Waals surface area contributed by atoms with E-state index in [1.54, 1.807) is 30.6 Å². The Kier molecular flexibility index (Phi) is 4.69. The first-order chi connectivity index (χ1) is 14.7. The molecule has 0 aliphatic carbocycles. The minimum Gasteiger partial charge on any atom is -0.489 e. The number of pyridine rings is 2. The van der Waals surface area contributed by atoms with Crippen LogP contribution in [0.3, 0.4) is 0 Å². The highest BCUT2D eigenvalue weighted by molar-refractivity contribution is 6.33. The van der Waals surface area contributed by atoms with Gasteiger partial charge in [0.25, 0.3) is 5.91 Å². The molecule has 148 valence electrons. The maximum absolute atomic E-state index is 13.1. The fourth-order valence-corrected chi connectivity index (χ4v) is 3.79. The fourth-order valence-electron chi connectivity index (χ4n) is 3.57. The van der Waals surface area contributed by atoms with Gasteiger partial charge in [-0.1, -0.05) is 29.8 Å². The molecular formula is C23H17ClN4O2. The van der Waals surface area contributed by atoms with E-state index in [2.05, 4.69) is 15.3 Å². The van der Waals surface area contributed by atoms with E-state index in [1.807, 2.05) is 47.4 Å². The van der Waals surface area contributed by atoms with Gasteiger partial charge in [0.05, 0.1) is 28.3 Å². The van der Waals surface area contributed by atoms with Crippen LogP contribution in [0.2, 0.25) is 5.02 Å². The summed E-state index contributed by atoms with van der Waals surface area (Å²) in [5.41, 5.74) is 2.70. The third-order valence-corrected chi connectivity index (χ3v) is 5.24. The molecule has 1 aliphatic rings. The van der Waals surface area contributed by atoms with Crippen molar-refractivity contribution in [2.45, 2.75) is 0 Å². The van der Waals surface area contributed by atoms with E-state index in [0.717, 1.165) is 16.6 Å². The Morgan fingerprint density at radius 1 is 1.03 bits per heavy atom. The average molecular weight is 417 g/mol. The fraction of sp³-hybridized carbons (Fsp3) is 0.0870. The van der Waals surface area contributed by atoms with Gasteiger partial charge in [0.1, 0.15) is 6.61 Å². The van der Waals surface area contributed by atoms with Gasteiger partial charge in [0, 0.05) is 23.5 Å². The Bertz CT molecular complexity index is 1260. The van der Waals surface area contributed by atoms with Crippen LogP contribution in [0, 0.1) is 0 Å². The van der Waals surface area contributed by atoms with E-state index in [4.69, 9.17) is 16.3 Å². The Balaban J connectivity index is 1.48. The smallest absolute Gasteiger partial charge is 0.259 e. The normalized spacial score (nSPS) is 12.9. The third-order valence-electron chi connectivity index (χ3n) is 4.95. The molecule has 0 saturated heterocycles. The summed E-state index contributed by atoms with van der Waals surface area (Å²) in [7, 11) is 0. The highest BCUT2D eigenvalue weighted by Gasteiger charge is 2.26. The minimum absolute atomic E-state index is 0.254. The number of rotatable bonds is 3. The zero-order chi connectivity index (χ0) is 20.5. The number of carbonyl (C=O) groups is 1. The molecule has 1 amide bonds. The summed E-state index contributed by atoms with van der Waals surface area (Å²) >= 11 is 6.35. The lowest BCUT2D eigenvalue weighted by Gasteiger charge is -2.31. The van der Waals surface area contributed by atoms with E-state index in [9.17, 15) is 4.79 Å². The number of carbonyl (C=O) groups excluding carboxylic acids is 1. The van der Waals surface area contributed by atoms with Crippen LogP contribution in [0.25, 0.3) is 10.9 Å². The Hall–Kier alpha value is -3.64. The molecule has 0 bridgehead atoms. The molecule has 0 unspecified atom stereocenters. The zero-order valence-corrected chi connectivity index (χ0v) is 16.6. The number of halogens is 1. The van der Waals surface area contributed by atoms with E-state index in [1.165, 1.54) is 0 Å². The van der Waals surface area contributed by atoms with E-state index in [0.29, 0.717) is 41.0 Å². The zero-order valence-electron chi connectivity index (χ0n) is 15.9. The number of benzene rings is 2. The van der Waals surface area contributed by atoms with Crippen molar-refractivity contribution in [2.75, 3.05) is 23.4 Å². The van der Waals surface area contributed by atoms with Crippen LogP contribution < -0.4 is 15.0 Å². The van der Waals surface area contributed by atoms with Crippen LogP contribution in [-0.4, -0.2) is 29.0 Å². The van der Waals surface area contributed by atoms with Crippen LogP contribution in [0.1, 0.15) is 10.4 Å². The molecule has 0 fully saturated rings. The van der Waals surface area contributed by atoms with Gasteiger partial charge >= 0.3 is 0 Å². The number of hydrogen-bond donors (Lipinski definition) is 1. The molecule has 2 aromatic carbocycles. The van der Waals surface area contributed by atoms with Crippen molar-refractivity contribution < 1.29 is 9.53 Å². The molecule has 4 aromatic rings. The SMILES string of the molecule is O=C(Nc1ccc2cccnc2c1)c1cccc2c1OCCN2c1ncccc1Cl. The van der Waals surface area contributed by atoms with Gasteiger partial charge in [-0.2, -0.15) is 0 Å². The molecule has 3 heterocycles. The number of fused-ring (bicyclic) bond motifs is 2. The van der Waals surface area contributed by atoms with Gasteiger partial charge in [0.2, 0.25) is 0 Å². The van der Waals surface area contributed by atoms with Gasteiger partial charge in [-0.25, -0.2) is 4.98 Å². The number of nitrogens with zero attached hydrogens (tertiary/aromatic N) is 3. The number of para-hydroxylation sites is 1. The summed E-state index contributed by atoms with van der Waals surface area (Å²) in [6.45, 7) is 1.01. The molecule has 0 radical (unpaired) electrons. The van der Waals surface area contributed by atoms with Gasteiger partial charge in [-0.15, -0.1) is 0 Å². The number of hydrogen-bond acceptors (Lipinski definition) is 5. The number of amides is 1. The summed E-state index contributed by atoms with van der Waals surface area (Å²) in [5, 5.41) is 4.51. The first kappa shape index (κ1) is 18.4. The monoisotopic (exact) mass is 416 g/mol. The Morgan fingerprint density at radius 2 is 1.90 bits per heavy atom. The van der Waals surface area contributed by atoms with Crippen molar-refractivity contribution in [3.63, 3.8) is 0 Å². The lowest BCUT2D eigenvalue weighted by Crippen LogP contribution is -2.30. The second-order valence-electron chi connectivity index (χ2n) is 6.83. The van der Waals surface area contributed by atoms with Crippen LogP contribution >= 0.6 is 11.6 Å². The standard InChI is InChI=1S/C23H17ClN4O2/c24-18-6-3-11-26-22(18)28-12-13-30-21-17(5-1-7-20(21)28)23(29)27-16-9-8-15-4-2-10-25-19(15)14-16/h1-11,14H,12-13H2,(H,27,29). The van der Waals surface area contributed by atoms with Crippen LogP contribution in [-0.2, 0) is 0 Å². The molecule has 30 heavy (non-hydrogen) atoms. The van der Waals surface area contributed by atoms with E-state index >= 15 is 0 Å². The van der Waals surface area contributed by atoms with Crippen molar-refractivity contribution in [3.8, 4) is 5.75 Å². The van der Waals surface area contributed by atoms with Crippen LogP contribution in [0.5, 0.6) is 5.75 Å². The molecular weight excluding hydrogens is 400 g/mol. The lowest BCUT2D eigenvalue weighted by atomic mass is 10.1. The minimum atomic E-state index is -0.254. The van der Waals surface area contributed by atoms with Crippen LogP contribution in [0.4, 0.5) is 17.2 Å². The lowest BCUT2D eigenvalue weighted by molar-refractivity contribution is 0.102. The van der Waals surface area contributed by atoms with Gasteiger partial charge in [-0.05, 0) is 42.5 Å². The molecule has 0 saturated carbocycles. The molecule has 6 nitrogen and oxygen atoms in total. The molecule has 5 rings (SSSR count). The van der Waals surface area contributed by atoms with Gasteiger partial charge in [0.15, 0.2) is 11.6 Å². The number of anilines is 3. The largest absolute Gasteiger partial charge is 0.489 e. The number of aromatic nitrogens is 2. The summed E-state index contributed by atoms with van der Waals surface area (Å²) in [6, 6.07) is 18.6. The van der Waals surface area contributed by atoms with Crippen molar-refractivity contribution in [1.82, 2.24) is 9.97 Å². The number of nitrogens with one attached hydrogen (secondary N) is 1. The summed E-state index contributed by atoms with van der Waals surface area (Å²) in [4.78, 5) is 23.8. The topological polar surface area (TPSA) is 67.3 Å². The summed E-state index contributed by atoms with van der Waals surface area (Å²) < 4.78 is 5.89. The second-order valence-corrected chi connectivity index (χ2v) is 7.23. The van der Waals surface area contributed by atoms with Crippen molar-refractivity contribution in [2.24, 2.45) is 0 Å². The highest BCUT2D eigenvalue weighted by Crippen LogP contribution is 2.40. The molecule has 1 aliphatic heterocycles. The van der Waals surface area contributed by atoms with Crippen LogP contribution in [0.15, 0.2) is 73.1 Å². The van der Waals surface area contributed by atoms with E-state index in [-0.39, 0.29) is 5.91 Å².